The number of nitrogens with zero attached hydrogens (tertiary/aromatic N) is 2. The molecule has 8 heteroatoms. The number of aliphatic hydroxyl groups excluding tert-OH is 1. The Balaban J connectivity index is 1.78. The van der Waals surface area contributed by atoms with Crippen molar-refractivity contribution in [3.8, 4) is 0 Å². The summed E-state index contributed by atoms with van der Waals surface area (Å²) in [7, 11) is 0. The van der Waals surface area contributed by atoms with Gasteiger partial charge in [0, 0.05) is 15.2 Å². The van der Waals surface area contributed by atoms with Crippen LogP contribution in [0.5, 0.6) is 0 Å². The SMILES string of the molecule is Cc1ccc(N2CC(O)=C(c3nc4ccc(Br)cc4c(=O)[nH]3)C2=N)cc1Cl. The second-order valence-electron chi connectivity index (χ2n) is 6.27. The highest BCUT2D eigenvalue weighted by atomic mass is 79.9. The summed E-state index contributed by atoms with van der Waals surface area (Å²) < 4.78 is 0.771. The van der Waals surface area contributed by atoms with Crippen LogP contribution < -0.4 is 10.5 Å². The number of fused-ring (bicyclic) bond motifs is 1. The fraction of sp³-hybridized carbons (Fsp3) is 0.105. The van der Waals surface area contributed by atoms with Crippen LogP contribution in [0.4, 0.5) is 5.69 Å². The number of H-pyrrole nitrogens is 1. The smallest absolute Gasteiger partial charge is 0.259 e. The lowest BCUT2D eigenvalue weighted by atomic mass is 10.2. The lowest BCUT2D eigenvalue weighted by molar-refractivity contribution is 0.411. The maximum atomic E-state index is 12.4. The highest BCUT2D eigenvalue weighted by molar-refractivity contribution is 9.10. The molecule has 0 bridgehead atoms. The molecule has 136 valence electrons. The number of aliphatic hydroxyl groups is 1. The van der Waals surface area contributed by atoms with Crippen LogP contribution in [0.25, 0.3) is 16.5 Å². The highest BCUT2D eigenvalue weighted by Gasteiger charge is 2.31. The van der Waals surface area contributed by atoms with E-state index >= 15 is 0 Å². The van der Waals surface area contributed by atoms with E-state index < -0.39 is 0 Å². The number of hydrogen-bond donors (Lipinski definition) is 3. The van der Waals surface area contributed by atoms with Gasteiger partial charge in [0.05, 0.1) is 23.0 Å². The van der Waals surface area contributed by atoms with E-state index in [0.29, 0.717) is 21.6 Å². The van der Waals surface area contributed by atoms with Crippen LogP contribution in [0.3, 0.4) is 0 Å². The Morgan fingerprint density at radius 2 is 2.07 bits per heavy atom. The molecule has 0 saturated heterocycles. The fourth-order valence-electron chi connectivity index (χ4n) is 3.03. The van der Waals surface area contributed by atoms with Crippen LogP contribution in [0.2, 0.25) is 5.02 Å². The predicted octanol–water partition coefficient (Wildman–Crippen LogP) is 4.41. The molecular formula is C19H14BrClN4O2. The van der Waals surface area contributed by atoms with Gasteiger partial charge in [-0.3, -0.25) is 10.2 Å². The number of aromatic amines is 1. The summed E-state index contributed by atoms with van der Waals surface area (Å²) >= 11 is 9.53. The number of aromatic nitrogens is 2. The lowest BCUT2D eigenvalue weighted by Crippen LogP contribution is -2.26. The molecule has 4 rings (SSSR count). The second kappa shape index (κ2) is 6.51. The third-order valence-electron chi connectivity index (χ3n) is 4.47. The van der Waals surface area contributed by atoms with Crippen LogP contribution >= 0.6 is 27.5 Å². The summed E-state index contributed by atoms with van der Waals surface area (Å²) in [5.74, 6) is 0.182. The molecule has 0 amide bonds. The first-order chi connectivity index (χ1) is 12.8. The van der Waals surface area contributed by atoms with E-state index in [4.69, 9.17) is 17.0 Å². The molecule has 0 atom stereocenters. The van der Waals surface area contributed by atoms with Gasteiger partial charge in [-0.1, -0.05) is 33.6 Å². The molecule has 2 aromatic carbocycles. The molecule has 0 spiro atoms. The topological polar surface area (TPSA) is 93.1 Å². The number of benzene rings is 2. The van der Waals surface area contributed by atoms with E-state index in [-0.39, 0.29) is 35.1 Å². The standard InChI is InChI=1S/C19H14BrClN4O2/c1-9-2-4-11(7-13(9)21)25-8-15(26)16(17(25)22)18-23-14-5-3-10(20)6-12(14)19(27)24-18/h2-7,22,26H,8H2,1H3,(H,23,24,27). The van der Waals surface area contributed by atoms with Gasteiger partial charge in [0.2, 0.25) is 0 Å². The molecular weight excluding hydrogens is 432 g/mol. The Bertz CT molecular complexity index is 1200. The number of nitrogens with one attached hydrogen (secondary N) is 2. The van der Waals surface area contributed by atoms with E-state index in [9.17, 15) is 9.90 Å². The third kappa shape index (κ3) is 3.02. The molecule has 3 aromatic rings. The zero-order valence-corrected chi connectivity index (χ0v) is 16.5. The Hall–Kier alpha value is -2.64. The van der Waals surface area contributed by atoms with Crippen molar-refractivity contribution in [1.82, 2.24) is 9.97 Å². The van der Waals surface area contributed by atoms with Gasteiger partial charge in [0.25, 0.3) is 5.56 Å². The summed E-state index contributed by atoms with van der Waals surface area (Å²) in [5, 5.41) is 20.0. The normalized spacial score (nSPS) is 14.5. The van der Waals surface area contributed by atoms with E-state index in [1.807, 2.05) is 19.1 Å². The van der Waals surface area contributed by atoms with Crippen molar-refractivity contribution in [1.29, 1.82) is 5.41 Å². The first kappa shape index (κ1) is 17.8. The molecule has 0 saturated carbocycles. The molecule has 0 radical (unpaired) electrons. The molecule has 1 aliphatic heterocycles. The van der Waals surface area contributed by atoms with Gasteiger partial charge in [0.1, 0.15) is 17.4 Å². The Labute approximate surface area is 167 Å². The average Bonchev–Trinajstić information content (AvgIpc) is 2.92. The first-order valence-corrected chi connectivity index (χ1v) is 9.27. The van der Waals surface area contributed by atoms with Gasteiger partial charge in [0.15, 0.2) is 0 Å². The number of anilines is 1. The molecule has 3 N–H and O–H groups in total. The third-order valence-corrected chi connectivity index (χ3v) is 5.37. The van der Waals surface area contributed by atoms with Crippen molar-refractivity contribution in [3.63, 3.8) is 0 Å². The maximum absolute atomic E-state index is 12.4. The summed E-state index contributed by atoms with van der Waals surface area (Å²) in [6.45, 7) is 2.00. The van der Waals surface area contributed by atoms with Crippen molar-refractivity contribution in [2.24, 2.45) is 0 Å². The van der Waals surface area contributed by atoms with Crippen LogP contribution in [-0.2, 0) is 0 Å². The van der Waals surface area contributed by atoms with Gasteiger partial charge in [-0.15, -0.1) is 0 Å². The Morgan fingerprint density at radius 3 is 2.81 bits per heavy atom. The fourth-order valence-corrected chi connectivity index (χ4v) is 3.56. The van der Waals surface area contributed by atoms with Crippen molar-refractivity contribution < 1.29 is 5.11 Å². The van der Waals surface area contributed by atoms with Crippen molar-refractivity contribution in [2.75, 3.05) is 11.4 Å². The Kier molecular flexibility index (Phi) is 4.28. The van der Waals surface area contributed by atoms with Gasteiger partial charge < -0.3 is 15.0 Å². The van der Waals surface area contributed by atoms with E-state index in [1.165, 1.54) is 0 Å². The molecule has 1 aromatic heterocycles. The number of halogens is 2. The van der Waals surface area contributed by atoms with E-state index in [2.05, 4.69) is 25.9 Å². The lowest BCUT2D eigenvalue weighted by Gasteiger charge is -2.19. The van der Waals surface area contributed by atoms with E-state index in [1.54, 1.807) is 29.2 Å². The molecule has 0 fully saturated rings. The van der Waals surface area contributed by atoms with Gasteiger partial charge in [-0.25, -0.2) is 4.98 Å². The number of hydrogen-bond acceptors (Lipinski definition) is 4. The second-order valence-corrected chi connectivity index (χ2v) is 7.59. The van der Waals surface area contributed by atoms with Crippen LogP contribution in [0, 0.1) is 12.3 Å². The van der Waals surface area contributed by atoms with Gasteiger partial charge in [-0.05, 0) is 42.8 Å². The molecule has 6 nitrogen and oxygen atoms in total. The van der Waals surface area contributed by atoms with Crippen molar-refractivity contribution >= 4 is 55.5 Å². The van der Waals surface area contributed by atoms with Gasteiger partial charge >= 0.3 is 0 Å². The van der Waals surface area contributed by atoms with Crippen LogP contribution in [0.15, 0.2) is 51.4 Å². The number of amidine groups is 1. The minimum atomic E-state index is -0.332. The first-order valence-electron chi connectivity index (χ1n) is 8.10. The minimum absolute atomic E-state index is 0.0312. The van der Waals surface area contributed by atoms with Gasteiger partial charge in [-0.2, -0.15) is 0 Å². The largest absolute Gasteiger partial charge is 0.509 e. The molecule has 1 aliphatic rings. The quantitative estimate of drug-likeness (QED) is 0.544. The molecule has 0 unspecified atom stereocenters. The zero-order valence-electron chi connectivity index (χ0n) is 14.2. The predicted molar refractivity (Wildman–Crippen MR) is 111 cm³/mol. The highest BCUT2D eigenvalue weighted by Crippen LogP contribution is 2.32. The minimum Gasteiger partial charge on any atom is -0.509 e. The number of rotatable bonds is 2. The summed E-state index contributed by atoms with van der Waals surface area (Å²) in [6.07, 6.45) is 0. The summed E-state index contributed by atoms with van der Waals surface area (Å²) in [4.78, 5) is 21.2. The monoisotopic (exact) mass is 444 g/mol. The zero-order chi connectivity index (χ0) is 19.3. The molecule has 2 heterocycles. The Morgan fingerprint density at radius 1 is 1.30 bits per heavy atom. The molecule has 27 heavy (non-hydrogen) atoms. The van der Waals surface area contributed by atoms with Crippen molar-refractivity contribution in [3.05, 3.63) is 73.4 Å². The van der Waals surface area contributed by atoms with Crippen LogP contribution in [0.1, 0.15) is 11.4 Å². The summed E-state index contributed by atoms with van der Waals surface area (Å²) in [5.41, 5.74) is 1.97. The number of aryl methyl sites for hydroxylation is 1. The summed E-state index contributed by atoms with van der Waals surface area (Å²) in [6, 6.07) is 10.6. The molecule has 0 aliphatic carbocycles. The van der Waals surface area contributed by atoms with Crippen LogP contribution in [-0.4, -0.2) is 27.5 Å². The average molecular weight is 446 g/mol. The van der Waals surface area contributed by atoms with E-state index in [0.717, 1.165) is 10.0 Å². The van der Waals surface area contributed by atoms with Crippen molar-refractivity contribution in [2.45, 2.75) is 6.92 Å². The maximum Gasteiger partial charge on any atom is 0.259 e.